The summed E-state index contributed by atoms with van der Waals surface area (Å²) < 4.78 is 48.4. The first kappa shape index (κ1) is 60.0. The second kappa shape index (κ2) is 21.5. The van der Waals surface area contributed by atoms with Gasteiger partial charge < -0.3 is 109 Å². The number of ether oxygens (including phenoxy) is 8. The number of hydrogen-bond acceptors (Lipinski definition) is 22. The van der Waals surface area contributed by atoms with Crippen molar-refractivity contribution in [1.29, 1.82) is 0 Å². The molecule has 0 spiro atoms. The molecule has 30 unspecified atom stereocenters. The molecule has 8 fully saturated rings. The molecule has 9 rings (SSSR count). The molecule has 442 valence electrons. The fourth-order valence-corrected chi connectivity index (χ4v) is 16.6. The van der Waals surface area contributed by atoms with E-state index < -0.39 is 160 Å². The molecule has 0 radical (unpaired) electrons. The van der Waals surface area contributed by atoms with Crippen LogP contribution in [0.3, 0.4) is 0 Å². The van der Waals surface area contributed by atoms with E-state index in [2.05, 4.69) is 47.6 Å². The summed E-state index contributed by atoms with van der Waals surface area (Å²) in [5, 5.41) is 154. The van der Waals surface area contributed by atoms with Gasteiger partial charge in [0, 0.05) is 10.8 Å². The predicted molar refractivity (Wildman–Crippen MR) is 263 cm³/mol. The second-order valence-electron chi connectivity index (χ2n) is 26.4. The van der Waals surface area contributed by atoms with E-state index in [1.54, 1.807) is 0 Å². The standard InChI is InChI=1S/C54H88O23/c1-22-31(59)34(62)39(67)45(70-22)75-41-35(63)32(60)25(19-55)71-46(41)76-42-36(64)33(61)26(20-56)72-47(42)77-43-38(66)37(65)40(44(68)69)74-48(43)73-30-12-13-51(5)27(52(30,6)21-57)11-14-54(8)28(51)10-9-23-24-17-49(2,3)18-29(58)50(24,4)15-16-53(23,54)7/h9,22,24-43,45-48,55-67H,10-21H2,1-8H3,(H,68,69). The Morgan fingerprint density at radius 1 is 0.571 bits per heavy atom. The van der Waals surface area contributed by atoms with Crippen molar-refractivity contribution >= 4 is 5.97 Å². The minimum atomic E-state index is -2.16. The maximum atomic E-state index is 12.7. The quantitative estimate of drug-likeness (QED) is 0.0783. The maximum absolute atomic E-state index is 12.7. The molecular formula is C54H88O23. The second-order valence-corrected chi connectivity index (χ2v) is 26.4. The van der Waals surface area contributed by atoms with Crippen LogP contribution in [-0.4, -0.2) is 232 Å². The number of aliphatic hydroxyl groups is 13. The third-order valence-electron chi connectivity index (χ3n) is 21.6. The summed E-state index contributed by atoms with van der Waals surface area (Å²) in [6.45, 7) is 15.1. The van der Waals surface area contributed by atoms with Crippen LogP contribution >= 0.6 is 0 Å². The first-order valence-electron chi connectivity index (χ1n) is 27.8. The minimum absolute atomic E-state index is 0.0148. The molecule has 14 N–H and O–H groups in total. The average molecular weight is 1110 g/mol. The third kappa shape index (κ3) is 9.70. The smallest absolute Gasteiger partial charge is 0.335 e. The molecule has 4 heterocycles. The lowest BCUT2D eigenvalue weighted by Crippen LogP contribution is -2.69. The van der Waals surface area contributed by atoms with E-state index in [1.807, 2.05) is 6.92 Å². The Bertz CT molecular complexity index is 2140. The van der Waals surface area contributed by atoms with E-state index in [4.69, 9.17) is 37.9 Å². The van der Waals surface area contributed by atoms with Crippen LogP contribution in [0.2, 0.25) is 0 Å². The van der Waals surface area contributed by atoms with Crippen molar-refractivity contribution in [2.75, 3.05) is 19.8 Å². The van der Waals surface area contributed by atoms with Crippen molar-refractivity contribution in [2.24, 2.45) is 50.2 Å². The van der Waals surface area contributed by atoms with E-state index in [0.717, 1.165) is 38.5 Å². The van der Waals surface area contributed by atoms with Gasteiger partial charge in [0.1, 0.15) is 85.5 Å². The van der Waals surface area contributed by atoms with Crippen LogP contribution in [0.1, 0.15) is 113 Å². The maximum Gasteiger partial charge on any atom is 0.335 e. The number of allylic oxidation sites excluding steroid dienone is 2. The van der Waals surface area contributed by atoms with Crippen molar-refractivity contribution < 1.29 is 114 Å². The average Bonchev–Trinajstić information content (AvgIpc) is 3.55. The van der Waals surface area contributed by atoms with Crippen molar-refractivity contribution in [3.8, 4) is 0 Å². The number of fused-ring (bicyclic) bond motifs is 7. The Kier molecular flexibility index (Phi) is 16.8. The largest absolute Gasteiger partial charge is 0.479 e. The van der Waals surface area contributed by atoms with E-state index in [-0.39, 0.29) is 51.4 Å². The normalized spacial score (nSPS) is 55.7. The number of aliphatic carboxylic acids is 1. The van der Waals surface area contributed by atoms with Crippen LogP contribution in [0.5, 0.6) is 0 Å². The summed E-state index contributed by atoms with van der Waals surface area (Å²) in [5.74, 6) is -1.36. The van der Waals surface area contributed by atoms with Gasteiger partial charge in [-0.05, 0) is 104 Å². The van der Waals surface area contributed by atoms with Gasteiger partial charge in [-0.3, -0.25) is 0 Å². The topological polar surface area (TPSA) is 374 Å². The van der Waals surface area contributed by atoms with Crippen molar-refractivity contribution in [3.05, 3.63) is 11.6 Å². The molecule has 0 amide bonds. The molecule has 23 nitrogen and oxygen atoms in total. The fraction of sp³-hybridized carbons (Fsp3) is 0.944. The van der Waals surface area contributed by atoms with Gasteiger partial charge >= 0.3 is 5.97 Å². The van der Waals surface area contributed by atoms with Crippen LogP contribution in [0.15, 0.2) is 11.6 Å². The summed E-state index contributed by atoms with van der Waals surface area (Å²) in [6, 6.07) is 0. The number of carboxylic acids is 1. The van der Waals surface area contributed by atoms with E-state index in [1.165, 1.54) is 12.5 Å². The molecule has 0 aromatic heterocycles. The van der Waals surface area contributed by atoms with Crippen LogP contribution in [0.25, 0.3) is 0 Å². The molecule has 4 saturated carbocycles. The van der Waals surface area contributed by atoms with Gasteiger partial charge in [0.25, 0.3) is 0 Å². The molecular weight excluding hydrogens is 1020 g/mol. The lowest BCUT2D eigenvalue weighted by atomic mass is 9.33. The van der Waals surface area contributed by atoms with Gasteiger partial charge in [0.05, 0.1) is 38.1 Å². The monoisotopic (exact) mass is 1100 g/mol. The molecule has 0 aromatic carbocycles. The Labute approximate surface area is 449 Å². The van der Waals surface area contributed by atoms with Crippen LogP contribution in [0.4, 0.5) is 0 Å². The highest BCUT2D eigenvalue weighted by Gasteiger charge is 2.70. The zero-order valence-corrected chi connectivity index (χ0v) is 45.4. The van der Waals surface area contributed by atoms with Crippen molar-refractivity contribution in [1.82, 2.24) is 0 Å². The zero-order chi connectivity index (χ0) is 56.4. The lowest BCUT2D eigenvalue weighted by Gasteiger charge is -2.72. The van der Waals surface area contributed by atoms with Crippen LogP contribution in [-0.2, 0) is 42.7 Å². The number of rotatable bonds is 12. The van der Waals surface area contributed by atoms with Crippen molar-refractivity contribution in [3.63, 3.8) is 0 Å². The lowest BCUT2D eigenvalue weighted by molar-refractivity contribution is -0.407. The van der Waals surface area contributed by atoms with E-state index in [9.17, 15) is 76.3 Å². The first-order valence-corrected chi connectivity index (χ1v) is 27.8. The number of carbonyl (C=O) groups is 1. The highest BCUT2D eigenvalue weighted by Crippen LogP contribution is 2.76. The van der Waals surface area contributed by atoms with Gasteiger partial charge in [-0.25, -0.2) is 4.79 Å². The van der Waals surface area contributed by atoms with E-state index >= 15 is 0 Å². The molecule has 0 bridgehead atoms. The SMILES string of the molecule is CC1OC(OC2C(OC3C(OC4C(OC5CCC6(C)C(CCC7(C)C6CC=C6C8CC(C)(C)CC(O)C8(C)CCC67C)C5(C)CO)OC(C(=O)O)C(O)C4O)OC(CO)C(O)C3O)OC(CO)C(O)C2O)C(O)C(O)C1O. The molecule has 0 aromatic rings. The van der Waals surface area contributed by atoms with Gasteiger partial charge in [0.15, 0.2) is 31.3 Å². The molecule has 30 atom stereocenters. The van der Waals surface area contributed by atoms with E-state index in [0.29, 0.717) is 19.3 Å². The minimum Gasteiger partial charge on any atom is -0.479 e. The third-order valence-corrected chi connectivity index (χ3v) is 21.6. The highest BCUT2D eigenvalue weighted by molar-refractivity contribution is 5.73. The van der Waals surface area contributed by atoms with Crippen LogP contribution in [0, 0.1) is 50.2 Å². The summed E-state index contributed by atoms with van der Waals surface area (Å²) in [6.07, 6.45) is -29.2. The number of hydrogen-bond donors (Lipinski definition) is 14. The van der Waals surface area contributed by atoms with Crippen LogP contribution < -0.4 is 0 Å². The van der Waals surface area contributed by atoms with Gasteiger partial charge in [-0.2, -0.15) is 0 Å². The Hall–Kier alpha value is -1.63. The number of carboxylic acid groups (broad SMARTS) is 1. The summed E-state index contributed by atoms with van der Waals surface area (Å²) in [4.78, 5) is 12.7. The molecule has 4 aliphatic heterocycles. The molecule has 4 saturated heterocycles. The first-order chi connectivity index (χ1) is 36.0. The van der Waals surface area contributed by atoms with Gasteiger partial charge in [-0.1, -0.05) is 60.1 Å². The summed E-state index contributed by atoms with van der Waals surface area (Å²) in [7, 11) is 0. The molecule has 77 heavy (non-hydrogen) atoms. The fourth-order valence-electron chi connectivity index (χ4n) is 16.6. The zero-order valence-electron chi connectivity index (χ0n) is 45.4. The predicted octanol–water partition coefficient (Wildman–Crippen LogP) is -1.47. The Balaban J connectivity index is 0.999. The Morgan fingerprint density at radius 3 is 1.66 bits per heavy atom. The Morgan fingerprint density at radius 2 is 1.12 bits per heavy atom. The molecule has 9 aliphatic rings. The summed E-state index contributed by atoms with van der Waals surface area (Å²) in [5.41, 5.74) is -0.380. The highest BCUT2D eigenvalue weighted by atomic mass is 16.8. The van der Waals surface area contributed by atoms with Crippen molar-refractivity contribution in [2.45, 2.75) is 248 Å². The summed E-state index contributed by atoms with van der Waals surface area (Å²) >= 11 is 0. The van der Waals surface area contributed by atoms with Gasteiger partial charge in [0.2, 0.25) is 0 Å². The molecule has 5 aliphatic carbocycles. The molecule has 23 heteroatoms. The number of aliphatic hydroxyl groups excluding tert-OH is 13. The van der Waals surface area contributed by atoms with Gasteiger partial charge in [-0.15, -0.1) is 0 Å².